The van der Waals surface area contributed by atoms with Crippen molar-refractivity contribution in [1.29, 1.82) is 0 Å². The fourth-order valence-electron chi connectivity index (χ4n) is 2.26. The summed E-state index contributed by atoms with van der Waals surface area (Å²) in [5, 5.41) is 1.23. The average Bonchev–Trinajstić information content (AvgIpc) is 2.91. The summed E-state index contributed by atoms with van der Waals surface area (Å²) in [6.45, 7) is 0. The molecule has 26 heavy (non-hydrogen) atoms. The summed E-state index contributed by atoms with van der Waals surface area (Å²) in [4.78, 5) is 30.5. The highest BCUT2D eigenvalue weighted by Crippen LogP contribution is 2.33. The van der Waals surface area contributed by atoms with Gasteiger partial charge in [-0.15, -0.1) is 0 Å². The number of ether oxygens (including phenoxy) is 1. The Kier molecular flexibility index (Phi) is 5.44. The number of methoxy groups -OCH3 is 1. The van der Waals surface area contributed by atoms with Crippen LogP contribution in [0.3, 0.4) is 0 Å². The maximum absolute atomic E-state index is 12.4. The number of likely N-dealkylation sites (N-methyl/N-ethyl adjacent to an activating group) is 1. The number of nitrogens with zero attached hydrogens (tertiary/aromatic N) is 2. The van der Waals surface area contributed by atoms with Crippen molar-refractivity contribution in [2.75, 3.05) is 14.2 Å². The lowest BCUT2D eigenvalue weighted by Crippen LogP contribution is -2.23. The van der Waals surface area contributed by atoms with Gasteiger partial charge in [0.25, 0.3) is 5.91 Å². The number of halogens is 1. The van der Waals surface area contributed by atoms with Crippen LogP contribution in [0, 0.1) is 0 Å². The molecule has 1 amide bonds. The molecule has 2 aromatic carbocycles. The Morgan fingerprint density at radius 3 is 2.42 bits per heavy atom. The molecule has 0 saturated carbocycles. The number of hydrogen-bond donors (Lipinski definition) is 0. The van der Waals surface area contributed by atoms with E-state index in [1.54, 1.807) is 61.7 Å². The Balaban J connectivity index is 1.83. The van der Waals surface area contributed by atoms with Crippen LogP contribution in [0.25, 0.3) is 6.08 Å². The maximum atomic E-state index is 12.4. The highest BCUT2D eigenvalue weighted by molar-refractivity contribution is 8.18. The van der Waals surface area contributed by atoms with Gasteiger partial charge in [0.15, 0.2) is 5.17 Å². The molecule has 7 heteroatoms. The summed E-state index contributed by atoms with van der Waals surface area (Å²) in [5.41, 5.74) is 2.00. The molecule has 0 aromatic heterocycles. The second kappa shape index (κ2) is 7.76. The van der Waals surface area contributed by atoms with Gasteiger partial charge in [-0.05, 0) is 59.8 Å². The third-order valence-corrected chi connectivity index (χ3v) is 5.00. The van der Waals surface area contributed by atoms with Gasteiger partial charge in [-0.3, -0.25) is 9.69 Å². The first kappa shape index (κ1) is 18.2. The lowest BCUT2D eigenvalue weighted by atomic mass is 10.1. The molecule has 0 spiro atoms. The van der Waals surface area contributed by atoms with Crippen molar-refractivity contribution in [3.63, 3.8) is 0 Å². The van der Waals surface area contributed by atoms with Gasteiger partial charge in [0.05, 0.1) is 23.3 Å². The van der Waals surface area contributed by atoms with E-state index >= 15 is 0 Å². The molecular weight excluding hydrogens is 372 g/mol. The van der Waals surface area contributed by atoms with Gasteiger partial charge in [0.2, 0.25) is 0 Å². The number of aliphatic imine (C=N–C) groups is 1. The van der Waals surface area contributed by atoms with Crippen LogP contribution in [-0.2, 0) is 9.53 Å². The first-order valence-electron chi connectivity index (χ1n) is 7.68. The van der Waals surface area contributed by atoms with Crippen molar-refractivity contribution in [2.24, 2.45) is 4.99 Å². The van der Waals surface area contributed by atoms with Gasteiger partial charge in [-0.1, -0.05) is 23.7 Å². The molecule has 132 valence electrons. The Bertz CT molecular complexity index is 905. The van der Waals surface area contributed by atoms with Crippen LogP contribution in [0.4, 0.5) is 5.69 Å². The van der Waals surface area contributed by atoms with E-state index in [0.29, 0.717) is 20.7 Å². The number of amidine groups is 1. The van der Waals surface area contributed by atoms with Crippen LogP contribution < -0.4 is 0 Å². The number of rotatable bonds is 3. The van der Waals surface area contributed by atoms with Crippen molar-refractivity contribution in [2.45, 2.75) is 0 Å². The van der Waals surface area contributed by atoms with Crippen molar-refractivity contribution >= 4 is 52.2 Å². The SMILES string of the molecule is COC(=O)c1ccc(/C=C2\SC(=Nc3ccc(Cl)cc3)N(C)C2=O)cc1. The van der Waals surface area contributed by atoms with Crippen LogP contribution in [0.5, 0.6) is 0 Å². The Hall–Kier alpha value is -2.57. The smallest absolute Gasteiger partial charge is 0.337 e. The molecule has 1 heterocycles. The van der Waals surface area contributed by atoms with E-state index < -0.39 is 5.97 Å². The van der Waals surface area contributed by atoms with Crippen LogP contribution in [0.2, 0.25) is 5.02 Å². The Morgan fingerprint density at radius 1 is 1.15 bits per heavy atom. The molecule has 0 aliphatic carbocycles. The number of carbonyl (C=O) groups excluding carboxylic acids is 2. The number of benzene rings is 2. The zero-order chi connectivity index (χ0) is 18.7. The van der Waals surface area contributed by atoms with Crippen LogP contribution in [0.1, 0.15) is 15.9 Å². The summed E-state index contributed by atoms with van der Waals surface area (Å²) >= 11 is 7.18. The summed E-state index contributed by atoms with van der Waals surface area (Å²) in [6.07, 6.45) is 1.77. The quantitative estimate of drug-likeness (QED) is 0.581. The molecule has 0 N–H and O–H groups in total. The largest absolute Gasteiger partial charge is 0.465 e. The predicted molar refractivity (Wildman–Crippen MR) is 105 cm³/mol. The third-order valence-electron chi connectivity index (χ3n) is 3.68. The van der Waals surface area contributed by atoms with Crippen LogP contribution in [0.15, 0.2) is 58.4 Å². The van der Waals surface area contributed by atoms with Gasteiger partial charge in [-0.25, -0.2) is 9.79 Å². The molecule has 0 bridgehead atoms. The van der Waals surface area contributed by atoms with E-state index in [-0.39, 0.29) is 5.91 Å². The van der Waals surface area contributed by atoms with E-state index in [9.17, 15) is 9.59 Å². The monoisotopic (exact) mass is 386 g/mol. The Labute approximate surface area is 160 Å². The predicted octanol–water partition coefficient (Wildman–Crippen LogP) is 4.36. The van der Waals surface area contributed by atoms with E-state index in [2.05, 4.69) is 9.73 Å². The molecular formula is C19H15ClN2O3S. The normalized spacial score (nSPS) is 17.2. The number of amides is 1. The highest BCUT2D eigenvalue weighted by atomic mass is 35.5. The lowest BCUT2D eigenvalue weighted by Gasteiger charge is -2.07. The topological polar surface area (TPSA) is 59.0 Å². The van der Waals surface area contributed by atoms with Gasteiger partial charge >= 0.3 is 5.97 Å². The summed E-state index contributed by atoms with van der Waals surface area (Å²) in [5.74, 6) is -0.521. The van der Waals surface area contributed by atoms with Crippen molar-refractivity contribution in [3.05, 3.63) is 69.6 Å². The van der Waals surface area contributed by atoms with Gasteiger partial charge in [0.1, 0.15) is 0 Å². The molecule has 1 saturated heterocycles. The minimum Gasteiger partial charge on any atom is -0.465 e. The number of hydrogen-bond acceptors (Lipinski definition) is 5. The fourth-order valence-corrected chi connectivity index (χ4v) is 3.38. The van der Waals surface area contributed by atoms with Crippen molar-refractivity contribution < 1.29 is 14.3 Å². The fraction of sp³-hybridized carbons (Fsp3) is 0.105. The zero-order valence-corrected chi connectivity index (χ0v) is 15.7. The first-order chi connectivity index (χ1) is 12.5. The van der Waals surface area contributed by atoms with E-state index in [1.165, 1.54) is 23.8 Å². The molecule has 0 unspecified atom stereocenters. The summed E-state index contributed by atoms with van der Waals surface area (Å²) in [7, 11) is 3.02. The standard InChI is InChI=1S/C19H15ClN2O3S/c1-22-17(23)16(11-12-3-5-13(6-4-12)18(24)25-2)26-19(22)21-15-9-7-14(20)8-10-15/h3-11H,1-2H3/b16-11-,21-19?. The highest BCUT2D eigenvalue weighted by Gasteiger charge is 2.30. The molecule has 1 fully saturated rings. The minimum atomic E-state index is -0.396. The summed E-state index contributed by atoms with van der Waals surface area (Å²) in [6, 6.07) is 13.9. The van der Waals surface area contributed by atoms with Gasteiger partial charge < -0.3 is 4.74 Å². The van der Waals surface area contributed by atoms with Crippen LogP contribution >= 0.6 is 23.4 Å². The third kappa shape index (κ3) is 3.98. The minimum absolute atomic E-state index is 0.125. The number of esters is 1. The zero-order valence-electron chi connectivity index (χ0n) is 14.1. The van der Waals surface area contributed by atoms with Gasteiger partial charge in [-0.2, -0.15) is 0 Å². The molecule has 1 aliphatic rings. The van der Waals surface area contributed by atoms with Crippen molar-refractivity contribution in [3.8, 4) is 0 Å². The molecule has 0 radical (unpaired) electrons. The van der Waals surface area contributed by atoms with E-state index in [1.807, 2.05) is 0 Å². The number of carbonyl (C=O) groups is 2. The molecule has 0 atom stereocenters. The first-order valence-corrected chi connectivity index (χ1v) is 8.87. The molecule has 1 aliphatic heterocycles. The number of thioether (sulfide) groups is 1. The average molecular weight is 387 g/mol. The molecule has 5 nitrogen and oxygen atoms in total. The molecule has 2 aromatic rings. The van der Waals surface area contributed by atoms with Gasteiger partial charge in [0, 0.05) is 12.1 Å². The summed E-state index contributed by atoms with van der Waals surface area (Å²) < 4.78 is 4.68. The Morgan fingerprint density at radius 2 is 1.81 bits per heavy atom. The molecule has 3 rings (SSSR count). The lowest BCUT2D eigenvalue weighted by molar-refractivity contribution is -0.121. The van der Waals surface area contributed by atoms with Crippen molar-refractivity contribution in [1.82, 2.24) is 4.90 Å². The maximum Gasteiger partial charge on any atom is 0.337 e. The second-order valence-electron chi connectivity index (χ2n) is 5.46. The van der Waals surface area contributed by atoms with Crippen LogP contribution in [-0.4, -0.2) is 36.1 Å². The van der Waals surface area contributed by atoms with E-state index in [0.717, 1.165) is 11.3 Å². The second-order valence-corrected chi connectivity index (χ2v) is 6.90. The van der Waals surface area contributed by atoms with E-state index in [4.69, 9.17) is 11.6 Å².